The van der Waals surface area contributed by atoms with Gasteiger partial charge in [0.2, 0.25) is 5.91 Å². The Bertz CT molecular complexity index is 560. The summed E-state index contributed by atoms with van der Waals surface area (Å²) in [7, 11) is 0. The van der Waals surface area contributed by atoms with Gasteiger partial charge in [-0.05, 0) is 19.3 Å². The summed E-state index contributed by atoms with van der Waals surface area (Å²) in [5.74, 6) is 0.147. The molecular formula is C14H18N4OS. The molecule has 0 saturated heterocycles. The van der Waals surface area contributed by atoms with Gasteiger partial charge in [0.25, 0.3) is 0 Å². The van der Waals surface area contributed by atoms with Crippen LogP contribution in [0.25, 0.3) is 0 Å². The predicted octanol–water partition coefficient (Wildman–Crippen LogP) is 2.39. The van der Waals surface area contributed by atoms with Crippen LogP contribution in [-0.2, 0) is 11.3 Å². The van der Waals surface area contributed by atoms with Crippen LogP contribution in [0.1, 0.15) is 37.2 Å². The average Bonchev–Trinajstić information content (AvgIpc) is 2.86. The molecule has 1 unspecified atom stereocenters. The number of aromatic nitrogens is 3. The van der Waals surface area contributed by atoms with E-state index in [0.29, 0.717) is 6.54 Å². The van der Waals surface area contributed by atoms with Gasteiger partial charge in [-0.2, -0.15) is 0 Å². The van der Waals surface area contributed by atoms with Crippen LogP contribution in [-0.4, -0.2) is 20.4 Å². The molecular weight excluding hydrogens is 272 g/mol. The summed E-state index contributed by atoms with van der Waals surface area (Å²) >= 11 is 1.59. The van der Waals surface area contributed by atoms with Gasteiger partial charge in [-0.15, -0.1) is 11.3 Å². The van der Waals surface area contributed by atoms with Crippen LogP contribution >= 0.6 is 11.3 Å². The van der Waals surface area contributed by atoms with E-state index >= 15 is 0 Å². The Morgan fingerprint density at radius 3 is 2.95 bits per heavy atom. The number of hydrogen-bond donors (Lipinski definition) is 1. The van der Waals surface area contributed by atoms with E-state index in [0.717, 1.165) is 24.3 Å². The lowest BCUT2D eigenvalue weighted by molar-refractivity contribution is -0.127. The smallest absolute Gasteiger partial charge is 0.228 e. The number of rotatable bonds is 6. The zero-order chi connectivity index (χ0) is 14.0. The van der Waals surface area contributed by atoms with Gasteiger partial charge in [0.05, 0.1) is 17.8 Å². The van der Waals surface area contributed by atoms with Crippen molar-refractivity contribution in [2.24, 2.45) is 5.41 Å². The summed E-state index contributed by atoms with van der Waals surface area (Å²) in [6.45, 7) is 2.79. The van der Waals surface area contributed by atoms with Crippen molar-refractivity contribution in [3.8, 4) is 0 Å². The summed E-state index contributed by atoms with van der Waals surface area (Å²) in [5.41, 5.74) is -0.245. The normalized spacial score (nSPS) is 17.6. The summed E-state index contributed by atoms with van der Waals surface area (Å²) in [6.07, 6.45) is 9.97. The highest BCUT2D eigenvalue weighted by Gasteiger charge is 2.50. The van der Waals surface area contributed by atoms with E-state index in [9.17, 15) is 4.79 Å². The van der Waals surface area contributed by atoms with E-state index in [4.69, 9.17) is 0 Å². The SMILES string of the molecule is CCC(NC(=O)C1(Cn2ccnc2)CC1)c1nccs1. The summed E-state index contributed by atoms with van der Waals surface area (Å²) < 4.78 is 1.98. The molecule has 1 atom stereocenters. The van der Waals surface area contributed by atoms with Gasteiger partial charge in [-0.3, -0.25) is 4.79 Å². The fraction of sp³-hybridized carbons (Fsp3) is 0.500. The van der Waals surface area contributed by atoms with Gasteiger partial charge >= 0.3 is 0 Å². The van der Waals surface area contributed by atoms with Gasteiger partial charge in [0.1, 0.15) is 5.01 Å². The highest BCUT2D eigenvalue weighted by Crippen LogP contribution is 2.47. The van der Waals surface area contributed by atoms with Crippen molar-refractivity contribution in [1.29, 1.82) is 0 Å². The first-order valence-corrected chi connectivity index (χ1v) is 7.77. The zero-order valence-corrected chi connectivity index (χ0v) is 12.3. The molecule has 2 aromatic rings. The Labute approximate surface area is 122 Å². The van der Waals surface area contributed by atoms with Crippen molar-refractivity contribution in [2.75, 3.05) is 0 Å². The first-order valence-electron chi connectivity index (χ1n) is 6.89. The minimum Gasteiger partial charge on any atom is -0.346 e. The van der Waals surface area contributed by atoms with Crippen molar-refractivity contribution in [1.82, 2.24) is 19.9 Å². The molecule has 0 radical (unpaired) electrons. The molecule has 20 heavy (non-hydrogen) atoms. The molecule has 2 heterocycles. The van der Waals surface area contributed by atoms with Crippen LogP contribution in [0.3, 0.4) is 0 Å². The third kappa shape index (κ3) is 2.60. The predicted molar refractivity (Wildman–Crippen MR) is 77.2 cm³/mol. The minimum atomic E-state index is -0.245. The molecule has 0 aromatic carbocycles. The van der Waals surface area contributed by atoms with Crippen LogP contribution in [0.5, 0.6) is 0 Å². The van der Waals surface area contributed by atoms with Crippen LogP contribution in [0.4, 0.5) is 0 Å². The monoisotopic (exact) mass is 290 g/mol. The fourth-order valence-electron chi connectivity index (χ4n) is 2.39. The lowest BCUT2D eigenvalue weighted by atomic mass is 10.1. The van der Waals surface area contributed by atoms with E-state index in [1.165, 1.54) is 0 Å². The van der Waals surface area contributed by atoms with Crippen LogP contribution in [0.2, 0.25) is 0 Å². The Morgan fingerprint density at radius 2 is 2.40 bits per heavy atom. The summed E-state index contributed by atoms with van der Waals surface area (Å²) in [5, 5.41) is 6.09. The van der Waals surface area contributed by atoms with Gasteiger partial charge in [-0.25, -0.2) is 9.97 Å². The van der Waals surface area contributed by atoms with Crippen LogP contribution in [0.15, 0.2) is 30.3 Å². The first-order chi connectivity index (χ1) is 9.73. The van der Waals surface area contributed by atoms with Gasteiger partial charge in [0, 0.05) is 30.5 Å². The lowest BCUT2D eigenvalue weighted by Crippen LogP contribution is -2.36. The molecule has 1 aliphatic rings. The maximum Gasteiger partial charge on any atom is 0.228 e. The van der Waals surface area contributed by atoms with E-state index in [1.54, 1.807) is 30.1 Å². The number of nitrogens with zero attached hydrogens (tertiary/aromatic N) is 3. The van der Waals surface area contributed by atoms with Gasteiger partial charge < -0.3 is 9.88 Å². The molecule has 0 bridgehead atoms. The van der Waals surface area contributed by atoms with E-state index < -0.39 is 0 Å². The van der Waals surface area contributed by atoms with Crippen molar-refractivity contribution in [2.45, 2.75) is 38.8 Å². The molecule has 3 rings (SSSR count). The number of thiazole rings is 1. The Balaban J connectivity index is 1.66. The largest absolute Gasteiger partial charge is 0.346 e. The Kier molecular flexibility index (Phi) is 3.56. The molecule has 2 aromatic heterocycles. The van der Waals surface area contributed by atoms with Crippen molar-refractivity contribution >= 4 is 17.2 Å². The molecule has 0 aliphatic heterocycles. The first kappa shape index (κ1) is 13.3. The number of amides is 1. The molecule has 1 amide bonds. The Hall–Kier alpha value is -1.69. The maximum absolute atomic E-state index is 12.6. The number of imidazole rings is 1. The maximum atomic E-state index is 12.6. The molecule has 1 aliphatic carbocycles. The Morgan fingerprint density at radius 1 is 1.55 bits per heavy atom. The van der Waals surface area contributed by atoms with Gasteiger partial charge in [0.15, 0.2) is 0 Å². The fourth-order valence-corrected chi connectivity index (χ4v) is 3.17. The molecule has 106 valence electrons. The highest BCUT2D eigenvalue weighted by atomic mass is 32.1. The third-order valence-corrected chi connectivity index (χ3v) is 4.73. The zero-order valence-electron chi connectivity index (χ0n) is 11.5. The number of carbonyl (C=O) groups excluding carboxylic acids is 1. The molecule has 1 saturated carbocycles. The van der Waals surface area contributed by atoms with E-state index in [-0.39, 0.29) is 17.4 Å². The standard InChI is InChI=1S/C14H18N4OS/c1-2-11(12-16-6-8-20-12)17-13(19)14(3-4-14)9-18-7-5-15-10-18/h5-8,10-11H,2-4,9H2,1H3,(H,17,19). The topological polar surface area (TPSA) is 59.8 Å². The second-order valence-corrected chi connectivity index (χ2v) is 6.25. The molecule has 1 fully saturated rings. The summed E-state index contributed by atoms with van der Waals surface area (Å²) in [4.78, 5) is 20.9. The molecule has 6 heteroatoms. The molecule has 1 N–H and O–H groups in total. The summed E-state index contributed by atoms with van der Waals surface area (Å²) in [6, 6.07) is 0.0303. The molecule has 5 nitrogen and oxygen atoms in total. The van der Waals surface area contributed by atoms with E-state index in [1.807, 2.05) is 16.1 Å². The van der Waals surface area contributed by atoms with Gasteiger partial charge in [-0.1, -0.05) is 6.92 Å². The van der Waals surface area contributed by atoms with Crippen molar-refractivity contribution in [3.05, 3.63) is 35.3 Å². The number of nitrogens with one attached hydrogen (secondary N) is 1. The lowest BCUT2D eigenvalue weighted by Gasteiger charge is -2.20. The highest BCUT2D eigenvalue weighted by molar-refractivity contribution is 7.09. The second-order valence-electron chi connectivity index (χ2n) is 5.32. The third-order valence-electron chi connectivity index (χ3n) is 3.84. The number of hydrogen-bond acceptors (Lipinski definition) is 4. The molecule has 0 spiro atoms. The quantitative estimate of drug-likeness (QED) is 0.888. The van der Waals surface area contributed by atoms with Crippen molar-refractivity contribution in [3.63, 3.8) is 0 Å². The second kappa shape index (κ2) is 5.36. The van der Waals surface area contributed by atoms with Crippen molar-refractivity contribution < 1.29 is 4.79 Å². The number of carbonyl (C=O) groups is 1. The minimum absolute atomic E-state index is 0.0303. The average molecular weight is 290 g/mol. The van der Waals surface area contributed by atoms with Crippen LogP contribution < -0.4 is 5.32 Å². The van der Waals surface area contributed by atoms with Crippen LogP contribution in [0, 0.1) is 5.41 Å². The van der Waals surface area contributed by atoms with E-state index in [2.05, 4.69) is 22.2 Å².